The number of fused-ring (bicyclic) bond motifs is 2. The molecule has 1 heterocycles. The smallest absolute Gasteiger partial charge is 0.328 e. The summed E-state index contributed by atoms with van der Waals surface area (Å²) < 4.78 is 11.3. The van der Waals surface area contributed by atoms with Crippen molar-refractivity contribution in [2.24, 2.45) is 11.8 Å². The molecule has 1 aromatic rings. The number of aryl methyl sites for hydroxylation is 1. The number of aliphatic hydroxyl groups is 1. The Kier molecular flexibility index (Phi) is 14.9. The molecular formula is C34H48N2O7. The first-order chi connectivity index (χ1) is 20.4. The van der Waals surface area contributed by atoms with Crippen molar-refractivity contribution in [2.75, 3.05) is 12.4 Å². The van der Waals surface area contributed by atoms with Crippen LogP contribution < -0.4 is 10.6 Å². The third-order valence-corrected chi connectivity index (χ3v) is 7.16. The number of rotatable bonds is 6. The van der Waals surface area contributed by atoms with Gasteiger partial charge in [-0.2, -0.15) is 0 Å². The second kappa shape index (κ2) is 18.1. The monoisotopic (exact) mass is 596 g/mol. The van der Waals surface area contributed by atoms with Crippen LogP contribution in [0.1, 0.15) is 65.9 Å². The molecule has 5 unspecified atom stereocenters. The molecule has 2 amide bonds. The zero-order valence-corrected chi connectivity index (χ0v) is 26.2. The van der Waals surface area contributed by atoms with Crippen molar-refractivity contribution < 1.29 is 34.1 Å². The SMILES string of the molecule is COC1C=C/C=C/C=C/CC(OC(=O)C(C)NC(=O)CC(C)C)C(C)C(O)/C(C)=C\CCc2cc(O)cc(c2)NC(=O)C1. The third-order valence-electron chi connectivity index (χ3n) is 7.16. The van der Waals surface area contributed by atoms with Crippen LogP contribution in [0.5, 0.6) is 5.75 Å². The number of carbonyl (C=O) groups is 3. The summed E-state index contributed by atoms with van der Waals surface area (Å²) in [4.78, 5) is 37.7. The van der Waals surface area contributed by atoms with Crippen molar-refractivity contribution in [3.05, 3.63) is 71.9 Å². The van der Waals surface area contributed by atoms with Crippen LogP contribution in [0, 0.1) is 11.8 Å². The van der Waals surface area contributed by atoms with E-state index in [9.17, 15) is 24.6 Å². The molecule has 1 aliphatic rings. The van der Waals surface area contributed by atoms with E-state index < -0.39 is 36.2 Å². The van der Waals surface area contributed by atoms with Crippen LogP contribution in [0.4, 0.5) is 5.69 Å². The molecule has 0 saturated carbocycles. The van der Waals surface area contributed by atoms with Crippen molar-refractivity contribution in [1.29, 1.82) is 0 Å². The summed E-state index contributed by atoms with van der Waals surface area (Å²) >= 11 is 0. The average Bonchev–Trinajstić information content (AvgIpc) is 2.92. The number of phenolic OH excluding ortho intramolecular Hbond substituents is 1. The van der Waals surface area contributed by atoms with Crippen molar-refractivity contribution in [3.63, 3.8) is 0 Å². The molecule has 9 heteroatoms. The van der Waals surface area contributed by atoms with E-state index in [0.717, 1.165) is 11.1 Å². The van der Waals surface area contributed by atoms with Gasteiger partial charge in [-0.15, -0.1) is 0 Å². The van der Waals surface area contributed by atoms with E-state index in [1.54, 1.807) is 37.3 Å². The Hall–Kier alpha value is -3.69. The Labute approximate surface area is 255 Å². The van der Waals surface area contributed by atoms with E-state index in [-0.39, 0.29) is 29.9 Å². The van der Waals surface area contributed by atoms with E-state index in [1.165, 1.54) is 13.2 Å². The predicted molar refractivity (Wildman–Crippen MR) is 168 cm³/mol. The fourth-order valence-corrected chi connectivity index (χ4v) is 4.68. The maximum atomic E-state index is 12.9. The van der Waals surface area contributed by atoms with E-state index in [2.05, 4.69) is 10.6 Å². The summed E-state index contributed by atoms with van der Waals surface area (Å²) in [6, 6.07) is 4.12. The molecule has 0 spiro atoms. The highest BCUT2D eigenvalue weighted by Gasteiger charge is 2.29. The summed E-state index contributed by atoms with van der Waals surface area (Å²) in [5.74, 6) is -1.26. The molecule has 236 valence electrons. The van der Waals surface area contributed by atoms with Crippen molar-refractivity contribution in [1.82, 2.24) is 5.32 Å². The minimum absolute atomic E-state index is 0.0423. The number of amides is 2. The molecule has 2 rings (SSSR count). The normalized spacial score (nSPS) is 25.8. The van der Waals surface area contributed by atoms with Gasteiger partial charge >= 0.3 is 5.97 Å². The van der Waals surface area contributed by atoms with Gasteiger partial charge in [0.2, 0.25) is 11.8 Å². The first kappa shape index (κ1) is 35.5. The highest BCUT2D eigenvalue weighted by atomic mass is 16.5. The van der Waals surface area contributed by atoms with Crippen molar-refractivity contribution in [2.45, 2.75) is 91.1 Å². The van der Waals surface area contributed by atoms with Gasteiger partial charge in [0.1, 0.15) is 17.9 Å². The van der Waals surface area contributed by atoms with Crippen LogP contribution in [-0.2, 0) is 30.3 Å². The lowest BCUT2D eigenvalue weighted by Gasteiger charge is -2.29. The lowest BCUT2D eigenvalue weighted by atomic mass is 9.90. The molecule has 0 fully saturated rings. The lowest BCUT2D eigenvalue weighted by Crippen LogP contribution is -2.43. The van der Waals surface area contributed by atoms with Gasteiger partial charge in [0.25, 0.3) is 0 Å². The first-order valence-electron chi connectivity index (χ1n) is 14.9. The standard InChI is InChI=1S/C34H48N2O7/c1-22(2)17-31(38)35-25(5)34(41)43-30-16-11-9-7-8-10-15-29(42-6)21-32(39)36-27-18-26(19-28(37)20-27)14-12-13-23(3)33(40)24(30)4/h7-11,13,15,18-20,22,24-25,29-30,33,37,40H,12,14,16-17,21H2,1-6H3,(H,35,38)(H,36,39)/b8-7+,11-9+,15-10?,23-13-. The molecule has 0 radical (unpaired) electrons. The number of ether oxygens (including phenoxy) is 2. The summed E-state index contributed by atoms with van der Waals surface area (Å²) in [7, 11) is 1.53. The molecule has 43 heavy (non-hydrogen) atoms. The molecule has 0 aromatic heterocycles. The average molecular weight is 597 g/mol. The van der Waals surface area contributed by atoms with Gasteiger partial charge in [0.15, 0.2) is 0 Å². The van der Waals surface area contributed by atoms with Crippen LogP contribution in [0.25, 0.3) is 0 Å². The van der Waals surface area contributed by atoms with Crippen molar-refractivity contribution in [3.8, 4) is 5.75 Å². The van der Waals surface area contributed by atoms with E-state index in [4.69, 9.17) is 9.47 Å². The number of aromatic hydroxyl groups is 1. The largest absolute Gasteiger partial charge is 0.508 e. The first-order valence-corrected chi connectivity index (χ1v) is 14.9. The van der Waals surface area contributed by atoms with E-state index >= 15 is 0 Å². The Morgan fingerprint density at radius 3 is 2.53 bits per heavy atom. The van der Waals surface area contributed by atoms with E-state index in [0.29, 0.717) is 31.4 Å². The van der Waals surface area contributed by atoms with Crippen LogP contribution >= 0.6 is 0 Å². The maximum absolute atomic E-state index is 12.9. The summed E-state index contributed by atoms with van der Waals surface area (Å²) in [6.07, 6.45) is 12.7. The number of phenols is 1. The fraction of sp³-hybridized carbons (Fsp3) is 0.500. The molecule has 4 N–H and O–H groups in total. The molecular weight excluding hydrogens is 548 g/mol. The Bertz CT molecular complexity index is 1200. The van der Waals surface area contributed by atoms with Crippen LogP contribution in [0.2, 0.25) is 0 Å². The highest BCUT2D eigenvalue weighted by molar-refractivity contribution is 5.91. The Morgan fingerprint density at radius 1 is 1.12 bits per heavy atom. The van der Waals surface area contributed by atoms with Crippen molar-refractivity contribution >= 4 is 23.5 Å². The number of anilines is 1. The van der Waals surface area contributed by atoms with Gasteiger partial charge < -0.3 is 30.3 Å². The van der Waals surface area contributed by atoms with Crippen LogP contribution in [0.3, 0.4) is 0 Å². The Balaban J connectivity index is 2.30. The number of allylic oxidation sites excluding steroid dienone is 5. The summed E-state index contributed by atoms with van der Waals surface area (Å²) in [5.41, 5.74) is 2.04. The zero-order chi connectivity index (χ0) is 31.9. The number of benzene rings is 1. The molecule has 0 saturated heterocycles. The van der Waals surface area contributed by atoms with Gasteiger partial charge in [0, 0.05) is 37.6 Å². The van der Waals surface area contributed by atoms with Gasteiger partial charge in [0.05, 0.1) is 18.6 Å². The number of nitrogens with one attached hydrogen (secondary N) is 2. The summed E-state index contributed by atoms with van der Waals surface area (Å²) in [5, 5.41) is 26.9. The molecule has 9 nitrogen and oxygen atoms in total. The molecule has 0 aliphatic carbocycles. The van der Waals surface area contributed by atoms with Crippen LogP contribution in [0.15, 0.2) is 66.3 Å². The number of hydrogen-bond donors (Lipinski definition) is 4. The van der Waals surface area contributed by atoms with E-state index in [1.807, 2.05) is 52.0 Å². The number of hydrogen-bond acceptors (Lipinski definition) is 7. The topological polar surface area (TPSA) is 134 Å². The van der Waals surface area contributed by atoms with Gasteiger partial charge in [-0.3, -0.25) is 9.59 Å². The number of methoxy groups -OCH3 is 1. The zero-order valence-electron chi connectivity index (χ0n) is 26.2. The lowest BCUT2D eigenvalue weighted by molar-refractivity contribution is -0.156. The highest BCUT2D eigenvalue weighted by Crippen LogP contribution is 2.24. The predicted octanol–water partition coefficient (Wildman–Crippen LogP) is 5.15. The quantitative estimate of drug-likeness (QED) is 0.264. The van der Waals surface area contributed by atoms with Gasteiger partial charge in [-0.25, -0.2) is 4.79 Å². The molecule has 5 atom stereocenters. The number of esters is 1. The van der Waals surface area contributed by atoms with Gasteiger partial charge in [-0.1, -0.05) is 63.3 Å². The molecule has 1 aromatic carbocycles. The maximum Gasteiger partial charge on any atom is 0.328 e. The van der Waals surface area contributed by atoms with Gasteiger partial charge in [-0.05, 0) is 55.9 Å². The second-order valence-corrected chi connectivity index (χ2v) is 11.5. The Morgan fingerprint density at radius 2 is 1.84 bits per heavy atom. The number of aliphatic hydroxyl groups excluding tert-OH is 1. The third kappa shape index (κ3) is 13.0. The summed E-state index contributed by atoms with van der Waals surface area (Å²) in [6.45, 7) is 9.11. The van der Waals surface area contributed by atoms with Crippen LogP contribution in [-0.4, -0.2) is 59.5 Å². The number of carbonyl (C=O) groups excluding carboxylic acids is 3. The second-order valence-electron chi connectivity index (χ2n) is 11.5. The minimum Gasteiger partial charge on any atom is -0.508 e. The molecule has 1 aliphatic heterocycles. The minimum atomic E-state index is -0.880. The molecule has 2 bridgehead atoms. The fourth-order valence-electron chi connectivity index (χ4n) is 4.68.